The highest BCUT2D eigenvalue weighted by atomic mass is 16.5. The van der Waals surface area contributed by atoms with Gasteiger partial charge >= 0.3 is 6.92 Å². The third kappa shape index (κ3) is 3.59. The van der Waals surface area contributed by atoms with E-state index < -0.39 is 6.92 Å². The monoisotopic (exact) mass is 206 g/mol. The lowest BCUT2D eigenvalue weighted by atomic mass is 9.63. The number of hydrogen-bond donors (Lipinski definition) is 1. The van der Waals surface area contributed by atoms with Crippen LogP contribution in [0, 0.1) is 6.92 Å². The van der Waals surface area contributed by atoms with Gasteiger partial charge in [0.25, 0.3) is 0 Å². The van der Waals surface area contributed by atoms with Crippen LogP contribution < -0.4 is 10.2 Å². The average molecular weight is 206 g/mol. The summed E-state index contributed by atoms with van der Waals surface area (Å²) in [6.07, 6.45) is 2.22. The van der Waals surface area contributed by atoms with Gasteiger partial charge in [0.05, 0.1) is 6.61 Å². The van der Waals surface area contributed by atoms with Gasteiger partial charge in [-0.1, -0.05) is 31.8 Å². The van der Waals surface area contributed by atoms with Crippen molar-refractivity contribution in [2.45, 2.75) is 33.5 Å². The molecule has 1 aromatic carbocycles. The van der Waals surface area contributed by atoms with E-state index in [1.807, 2.05) is 25.1 Å². The van der Waals surface area contributed by atoms with E-state index in [1.54, 1.807) is 6.82 Å². The molecule has 82 valence electrons. The maximum absolute atomic E-state index is 9.47. The van der Waals surface area contributed by atoms with Gasteiger partial charge in [-0.05, 0) is 30.9 Å². The number of unbranched alkanes of at least 4 members (excludes halogenated alkanes) is 1. The van der Waals surface area contributed by atoms with Gasteiger partial charge in [0.15, 0.2) is 0 Å². The Kier molecular flexibility index (Phi) is 4.69. The SMILES string of the molecule is CCCCOc1ccc(B(C)O)c(C)c1. The van der Waals surface area contributed by atoms with Crippen molar-refractivity contribution in [1.82, 2.24) is 0 Å². The second-order valence-corrected chi connectivity index (χ2v) is 3.90. The van der Waals surface area contributed by atoms with Gasteiger partial charge in [-0.15, -0.1) is 0 Å². The van der Waals surface area contributed by atoms with Crippen molar-refractivity contribution in [1.29, 1.82) is 0 Å². The standard InChI is InChI=1S/C12H19BO2/c1-4-5-8-15-11-6-7-12(13(3)14)10(2)9-11/h6-7,9,14H,4-5,8H2,1-3H3. The van der Waals surface area contributed by atoms with Gasteiger partial charge in [-0.2, -0.15) is 0 Å². The molecule has 0 atom stereocenters. The molecule has 0 fully saturated rings. The maximum atomic E-state index is 9.47. The third-order valence-corrected chi connectivity index (χ3v) is 2.46. The fourth-order valence-corrected chi connectivity index (χ4v) is 1.54. The summed E-state index contributed by atoms with van der Waals surface area (Å²) < 4.78 is 5.58. The first-order valence-electron chi connectivity index (χ1n) is 5.56. The fourth-order valence-electron chi connectivity index (χ4n) is 1.54. The minimum absolute atomic E-state index is 0.408. The number of rotatable bonds is 5. The van der Waals surface area contributed by atoms with Crippen molar-refractivity contribution in [2.75, 3.05) is 6.61 Å². The molecule has 1 aromatic rings. The molecule has 3 heteroatoms. The Morgan fingerprint density at radius 2 is 2.13 bits per heavy atom. The molecule has 2 nitrogen and oxygen atoms in total. The number of aryl methyl sites for hydroxylation is 1. The first kappa shape index (κ1) is 12.1. The molecule has 1 rings (SSSR count). The third-order valence-electron chi connectivity index (χ3n) is 2.46. The van der Waals surface area contributed by atoms with E-state index in [9.17, 15) is 5.02 Å². The molecule has 15 heavy (non-hydrogen) atoms. The zero-order valence-corrected chi connectivity index (χ0v) is 9.79. The van der Waals surface area contributed by atoms with Gasteiger partial charge in [0.1, 0.15) is 5.75 Å². The summed E-state index contributed by atoms with van der Waals surface area (Å²) in [4.78, 5) is 0. The van der Waals surface area contributed by atoms with Crippen LogP contribution in [0.2, 0.25) is 6.82 Å². The van der Waals surface area contributed by atoms with Gasteiger partial charge in [0.2, 0.25) is 0 Å². The van der Waals surface area contributed by atoms with E-state index in [1.165, 1.54) is 0 Å². The summed E-state index contributed by atoms with van der Waals surface area (Å²) >= 11 is 0. The molecular formula is C12H19BO2. The van der Waals surface area contributed by atoms with E-state index in [4.69, 9.17) is 4.74 Å². The molecule has 0 aliphatic heterocycles. The molecule has 0 saturated carbocycles. The van der Waals surface area contributed by atoms with Crippen molar-refractivity contribution in [3.63, 3.8) is 0 Å². The highest BCUT2D eigenvalue weighted by Gasteiger charge is 2.09. The minimum atomic E-state index is -0.408. The highest BCUT2D eigenvalue weighted by molar-refractivity contribution is 6.65. The molecule has 0 saturated heterocycles. The Labute approximate surface area is 92.4 Å². The molecule has 0 amide bonds. The van der Waals surface area contributed by atoms with Crippen LogP contribution in [0.15, 0.2) is 18.2 Å². The smallest absolute Gasteiger partial charge is 0.320 e. The lowest BCUT2D eigenvalue weighted by Gasteiger charge is -2.10. The van der Waals surface area contributed by atoms with E-state index in [0.717, 1.165) is 36.2 Å². The van der Waals surface area contributed by atoms with Gasteiger partial charge in [-0.25, -0.2) is 0 Å². The molecule has 0 unspecified atom stereocenters. The van der Waals surface area contributed by atoms with Crippen molar-refractivity contribution >= 4 is 12.4 Å². The zero-order valence-electron chi connectivity index (χ0n) is 9.79. The second kappa shape index (κ2) is 5.81. The lowest BCUT2D eigenvalue weighted by molar-refractivity contribution is 0.309. The molecule has 0 aromatic heterocycles. The lowest BCUT2D eigenvalue weighted by Crippen LogP contribution is -2.28. The molecule has 0 bridgehead atoms. The van der Waals surface area contributed by atoms with E-state index in [-0.39, 0.29) is 0 Å². The van der Waals surface area contributed by atoms with Crippen LogP contribution in [0.3, 0.4) is 0 Å². The van der Waals surface area contributed by atoms with Crippen LogP contribution >= 0.6 is 0 Å². The summed E-state index contributed by atoms with van der Waals surface area (Å²) in [5, 5.41) is 9.47. The average Bonchev–Trinajstić information content (AvgIpc) is 2.17. The second-order valence-electron chi connectivity index (χ2n) is 3.90. The Morgan fingerprint density at radius 1 is 1.40 bits per heavy atom. The molecule has 0 aliphatic rings. The normalized spacial score (nSPS) is 10.1. The van der Waals surface area contributed by atoms with Crippen molar-refractivity contribution in [3.8, 4) is 5.75 Å². The molecule has 0 radical (unpaired) electrons. The van der Waals surface area contributed by atoms with Crippen LogP contribution in [-0.4, -0.2) is 18.5 Å². The number of ether oxygens (including phenoxy) is 1. The molecule has 0 aliphatic carbocycles. The topological polar surface area (TPSA) is 29.5 Å². The predicted octanol–water partition coefficient (Wildman–Crippen LogP) is 1.99. The van der Waals surface area contributed by atoms with Crippen LogP contribution in [0.1, 0.15) is 25.3 Å². The molecule has 0 heterocycles. The van der Waals surface area contributed by atoms with E-state index in [0.29, 0.717) is 0 Å². The Balaban J connectivity index is 2.65. The Bertz CT molecular complexity index is 310. The van der Waals surface area contributed by atoms with Gasteiger partial charge < -0.3 is 9.76 Å². The van der Waals surface area contributed by atoms with Gasteiger partial charge in [0, 0.05) is 0 Å². The van der Waals surface area contributed by atoms with E-state index >= 15 is 0 Å². The first-order valence-corrected chi connectivity index (χ1v) is 5.56. The van der Waals surface area contributed by atoms with Crippen molar-refractivity contribution in [2.24, 2.45) is 0 Å². The van der Waals surface area contributed by atoms with Crippen molar-refractivity contribution < 1.29 is 9.76 Å². The quantitative estimate of drug-likeness (QED) is 0.589. The Hall–Kier alpha value is -0.955. The van der Waals surface area contributed by atoms with Crippen molar-refractivity contribution in [3.05, 3.63) is 23.8 Å². The summed E-state index contributed by atoms with van der Waals surface area (Å²) in [6.45, 7) is 6.28. The van der Waals surface area contributed by atoms with Gasteiger partial charge in [-0.3, -0.25) is 0 Å². The Morgan fingerprint density at radius 3 is 2.67 bits per heavy atom. The molecule has 0 spiro atoms. The largest absolute Gasteiger partial charge is 0.494 e. The summed E-state index contributed by atoms with van der Waals surface area (Å²) in [6, 6.07) is 5.84. The summed E-state index contributed by atoms with van der Waals surface area (Å²) in [5.41, 5.74) is 2.05. The van der Waals surface area contributed by atoms with E-state index in [2.05, 4.69) is 6.92 Å². The maximum Gasteiger partial charge on any atom is 0.320 e. The van der Waals surface area contributed by atoms with Crippen LogP contribution in [-0.2, 0) is 0 Å². The summed E-state index contributed by atoms with van der Waals surface area (Å²) in [5.74, 6) is 0.894. The fraction of sp³-hybridized carbons (Fsp3) is 0.500. The van der Waals surface area contributed by atoms with Crippen LogP contribution in [0.5, 0.6) is 5.75 Å². The zero-order chi connectivity index (χ0) is 11.3. The first-order chi connectivity index (χ1) is 7.15. The molecule has 1 N–H and O–H groups in total. The summed E-state index contributed by atoms with van der Waals surface area (Å²) in [7, 11) is 0. The number of hydrogen-bond acceptors (Lipinski definition) is 2. The number of benzene rings is 1. The highest BCUT2D eigenvalue weighted by Crippen LogP contribution is 2.12. The van der Waals surface area contributed by atoms with Crippen LogP contribution in [0.4, 0.5) is 0 Å². The minimum Gasteiger partial charge on any atom is -0.494 e. The van der Waals surface area contributed by atoms with Crippen LogP contribution in [0.25, 0.3) is 0 Å². The predicted molar refractivity (Wildman–Crippen MR) is 65.1 cm³/mol. The molecular weight excluding hydrogens is 187 g/mol.